The molecule has 1 amide bonds. The van der Waals surface area contributed by atoms with Gasteiger partial charge in [0.1, 0.15) is 0 Å². The van der Waals surface area contributed by atoms with Crippen LogP contribution in [-0.2, 0) is 0 Å². The van der Waals surface area contributed by atoms with Crippen molar-refractivity contribution in [2.45, 2.75) is 38.7 Å². The quantitative estimate of drug-likeness (QED) is 0.797. The number of aryl methyl sites for hydroxylation is 2. The zero-order chi connectivity index (χ0) is 17.6. The number of aliphatic hydroxyl groups is 1. The van der Waals surface area contributed by atoms with Crippen molar-refractivity contribution in [2.75, 3.05) is 19.6 Å². The fraction of sp³-hybridized carbons (Fsp3) is 0.500. The normalized spacial score (nSPS) is 23.2. The Balaban J connectivity index is 1.67. The van der Waals surface area contributed by atoms with Gasteiger partial charge in [-0.25, -0.2) is 0 Å². The number of aliphatic hydroxyl groups excluding tert-OH is 1. The summed E-state index contributed by atoms with van der Waals surface area (Å²) in [6, 6.07) is 6.14. The van der Waals surface area contributed by atoms with Crippen molar-refractivity contribution < 1.29 is 9.90 Å². The number of β-amino-alcohol motifs (C(OH)–C–C–N with tert-alkyl or cyclic N) is 1. The highest BCUT2D eigenvalue weighted by atomic mass is 16.3. The van der Waals surface area contributed by atoms with E-state index in [4.69, 9.17) is 4.98 Å². The predicted octanol–water partition coefficient (Wildman–Crippen LogP) is 2.04. The van der Waals surface area contributed by atoms with Crippen LogP contribution in [0.3, 0.4) is 0 Å². The summed E-state index contributed by atoms with van der Waals surface area (Å²) in [5, 5.41) is 17.0. The van der Waals surface area contributed by atoms with E-state index in [2.05, 4.69) is 23.6 Å². The third-order valence-corrected chi connectivity index (χ3v) is 5.34. The van der Waals surface area contributed by atoms with Gasteiger partial charge < -0.3 is 15.7 Å². The van der Waals surface area contributed by atoms with Gasteiger partial charge in [-0.1, -0.05) is 11.6 Å². The smallest absolute Gasteiger partial charge is 0.252 e. The van der Waals surface area contributed by atoms with Gasteiger partial charge >= 0.3 is 0 Å². The minimum Gasteiger partial charge on any atom is -0.391 e. The first-order chi connectivity index (χ1) is 12.0. The summed E-state index contributed by atoms with van der Waals surface area (Å²) in [4.78, 5) is 17.7. The second-order valence-electron chi connectivity index (χ2n) is 7.54. The molecule has 2 aromatic rings. The minimum atomic E-state index is -0.388. The van der Waals surface area contributed by atoms with E-state index in [0.29, 0.717) is 24.6 Å². The van der Waals surface area contributed by atoms with Crippen LogP contribution < -0.4 is 10.6 Å². The molecule has 1 saturated carbocycles. The fourth-order valence-corrected chi connectivity index (χ4v) is 3.72. The van der Waals surface area contributed by atoms with Crippen LogP contribution in [0.4, 0.5) is 0 Å². The number of nitrogens with zero attached hydrogens (tertiary/aromatic N) is 1. The number of fused-ring (bicyclic) bond motifs is 1. The molecule has 5 heteroatoms. The Morgan fingerprint density at radius 2 is 2.08 bits per heavy atom. The monoisotopic (exact) mass is 339 g/mol. The first kappa shape index (κ1) is 16.5. The number of benzene rings is 1. The van der Waals surface area contributed by atoms with E-state index in [1.165, 1.54) is 0 Å². The van der Waals surface area contributed by atoms with E-state index >= 15 is 0 Å². The van der Waals surface area contributed by atoms with Gasteiger partial charge in [0.25, 0.3) is 5.91 Å². The number of pyridine rings is 1. The van der Waals surface area contributed by atoms with Gasteiger partial charge in [-0.15, -0.1) is 0 Å². The van der Waals surface area contributed by atoms with Crippen LogP contribution in [0.2, 0.25) is 0 Å². The van der Waals surface area contributed by atoms with Gasteiger partial charge in [-0.05, 0) is 44.4 Å². The highest BCUT2D eigenvalue weighted by Gasteiger charge is 2.28. The first-order valence-corrected chi connectivity index (χ1v) is 9.12. The molecule has 25 heavy (non-hydrogen) atoms. The molecule has 0 spiro atoms. The standard InChI is InChI=1S/C20H25N3O2/c1-11-5-12(2)19-15(6-11)16(7-17(23-19)13-3-4-13)20(25)22-9-14-8-21-10-18(14)24/h5-7,13-14,18,21,24H,3-4,8-10H2,1-2H3,(H,22,25). The van der Waals surface area contributed by atoms with E-state index in [1.807, 2.05) is 19.1 Å². The molecule has 5 nitrogen and oxygen atoms in total. The average Bonchev–Trinajstić information content (AvgIpc) is 3.34. The second-order valence-corrected chi connectivity index (χ2v) is 7.54. The molecule has 2 atom stereocenters. The highest BCUT2D eigenvalue weighted by molar-refractivity contribution is 6.07. The summed E-state index contributed by atoms with van der Waals surface area (Å²) in [6.07, 6.45) is 1.93. The Hall–Kier alpha value is -1.98. The Bertz CT molecular complexity index is 829. The lowest BCUT2D eigenvalue weighted by Crippen LogP contribution is -2.34. The molecule has 2 unspecified atom stereocenters. The zero-order valence-electron chi connectivity index (χ0n) is 14.8. The molecule has 1 aromatic carbocycles. The number of rotatable bonds is 4. The third-order valence-electron chi connectivity index (χ3n) is 5.34. The van der Waals surface area contributed by atoms with E-state index in [9.17, 15) is 9.90 Å². The lowest BCUT2D eigenvalue weighted by molar-refractivity contribution is 0.0928. The molecule has 1 aromatic heterocycles. The first-order valence-electron chi connectivity index (χ1n) is 9.12. The lowest BCUT2D eigenvalue weighted by atomic mass is 10.00. The SMILES string of the molecule is Cc1cc(C)c2nc(C3CC3)cc(C(=O)NCC3CNCC3O)c2c1. The molecule has 1 aliphatic carbocycles. The number of carbonyl (C=O) groups excluding carboxylic acids is 1. The molecule has 3 N–H and O–H groups in total. The largest absolute Gasteiger partial charge is 0.391 e. The fourth-order valence-electron chi connectivity index (χ4n) is 3.72. The molecule has 4 rings (SSSR count). The Morgan fingerprint density at radius 1 is 1.28 bits per heavy atom. The maximum Gasteiger partial charge on any atom is 0.252 e. The molecule has 2 fully saturated rings. The van der Waals surface area contributed by atoms with Crippen molar-refractivity contribution in [3.8, 4) is 0 Å². The van der Waals surface area contributed by atoms with Gasteiger partial charge in [0.15, 0.2) is 0 Å². The molecule has 0 radical (unpaired) electrons. The van der Waals surface area contributed by atoms with Gasteiger partial charge in [0.05, 0.1) is 17.2 Å². The molecule has 132 valence electrons. The second kappa shape index (κ2) is 6.39. The van der Waals surface area contributed by atoms with E-state index < -0.39 is 0 Å². The number of aromatic nitrogens is 1. The number of hydrogen-bond acceptors (Lipinski definition) is 4. The van der Waals surface area contributed by atoms with Crippen molar-refractivity contribution in [1.82, 2.24) is 15.6 Å². The molecule has 0 bridgehead atoms. The predicted molar refractivity (Wildman–Crippen MR) is 97.9 cm³/mol. The Morgan fingerprint density at radius 3 is 2.76 bits per heavy atom. The summed E-state index contributed by atoms with van der Waals surface area (Å²) >= 11 is 0. The minimum absolute atomic E-state index is 0.0709. The molecular formula is C20H25N3O2. The summed E-state index contributed by atoms with van der Waals surface area (Å²) in [5.74, 6) is 0.499. The highest BCUT2D eigenvalue weighted by Crippen LogP contribution is 2.40. The van der Waals surface area contributed by atoms with E-state index in [-0.39, 0.29) is 17.9 Å². The van der Waals surface area contributed by atoms with Gasteiger partial charge in [0.2, 0.25) is 0 Å². The van der Waals surface area contributed by atoms with Gasteiger partial charge in [-0.2, -0.15) is 0 Å². The van der Waals surface area contributed by atoms with Gasteiger partial charge in [-0.3, -0.25) is 9.78 Å². The van der Waals surface area contributed by atoms with Crippen LogP contribution in [0, 0.1) is 19.8 Å². The molecule has 1 saturated heterocycles. The summed E-state index contributed by atoms with van der Waals surface area (Å²) in [6.45, 7) is 5.93. The summed E-state index contributed by atoms with van der Waals surface area (Å²) in [5.41, 5.74) is 4.92. The van der Waals surface area contributed by atoms with Crippen molar-refractivity contribution >= 4 is 16.8 Å². The Labute approximate surface area is 147 Å². The zero-order valence-corrected chi connectivity index (χ0v) is 14.8. The van der Waals surface area contributed by atoms with Crippen molar-refractivity contribution in [1.29, 1.82) is 0 Å². The Kier molecular flexibility index (Phi) is 4.21. The topological polar surface area (TPSA) is 74.2 Å². The number of carbonyl (C=O) groups is 1. The molecular weight excluding hydrogens is 314 g/mol. The van der Waals surface area contributed by atoms with Crippen LogP contribution in [0.1, 0.15) is 45.9 Å². The van der Waals surface area contributed by atoms with Crippen LogP contribution in [-0.4, -0.2) is 41.7 Å². The van der Waals surface area contributed by atoms with Crippen molar-refractivity contribution in [3.63, 3.8) is 0 Å². The average molecular weight is 339 g/mol. The summed E-state index contributed by atoms with van der Waals surface area (Å²) < 4.78 is 0. The molecule has 2 aliphatic rings. The van der Waals surface area contributed by atoms with Gasteiger partial charge in [0, 0.05) is 42.6 Å². The van der Waals surface area contributed by atoms with E-state index in [0.717, 1.165) is 47.1 Å². The van der Waals surface area contributed by atoms with Crippen LogP contribution in [0.15, 0.2) is 18.2 Å². The number of nitrogens with one attached hydrogen (secondary N) is 2. The van der Waals surface area contributed by atoms with Crippen LogP contribution >= 0.6 is 0 Å². The van der Waals surface area contributed by atoms with Crippen molar-refractivity contribution in [2.24, 2.45) is 5.92 Å². The molecule has 2 heterocycles. The third kappa shape index (κ3) is 3.26. The maximum absolute atomic E-state index is 12.9. The maximum atomic E-state index is 12.9. The summed E-state index contributed by atoms with van der Waals surface area (Å²) in [7, 11) is 0. The van der Waals surface area contributed by atoms with Crippen LogP contribution in [0.25, 0.3) is 10.9 Å². The van der Waals surface area contributed by atoms with E-state index in [1.54, 1.807) is 0 Å². The number of hydrogen-bond donors (Lipinski definition) is 3. The number of amides is 1. The van der Waals surface area contributed by atoms with Crippen molar-refractivity contribution in [3.05, 3.63) is 40.6 Å². The lowest BCUT2D eigenvalue weighted by Gasteiger charge is -2.16. The van der Waals surface area contributed by atoms with Crippen LogP contribution in [0.5, 0.6) is 0 Å². The molecule has 1 aliphatic heterocycles.